The fourth-order valence-corrected chi connectivity index (χ4v) is 2.46. The molecule has 1 aromatic rings. The molecule has 2 N–H and O–H groups in total. The summed E-state index contributed by atoms with van der Waals surface area (Å²) in [5.74, 6) is -0.446. The van der Waals surface area contributed by atoms with Crippen LogP contribution >= 0.6 is 0 Å². The summed E-state index contributed by atoms with van der Waals surface area (Å²) < 4.78 is 13.2. The molecule has 2 rings (SSSR count). The lowest BCUT2D eigenvalue weighted by atomic mass is 9.77. The highest BCUT2D eigenvalue weighted by Gasteiger charge is 2.23. The summed E-state index contributed by atoms with van der Waals surface area (Å²) in [6.45, 7) is 5.62. The Morgan fingerprint density at radius 2 is 2.11 bits per heavy atom. The predicted molar refractivity (Wildman–Crippen MR) is 73.6 cm³/mol. The second kappa shape index (κ2) is 6.01. The van der Waals surface area contributed by atoms with Crippen LogP contribution < -0.4 is 5.46 Å². The first-order valence-corrected chi connectivity index (χ1v) is 6.54. The molecule has 1 heterocycles. The minimum atomic E-state index is -1.63. The van der Waals surface area contributed by atoms with Crippen LogP contribution in [0.2, 0.25) is 0 Å². The van der Waals surface area contributed by atoms with Crippen LogP contribution in [0, 0.1) is 5.82 Å². The van der Waals surface area contributed by atoms with Gasteiger partial charge in [-0.2, -0.15) is 0 Å². The third kappa shape index (κ3) is 3.54. The predicted octanol–water partition coefficient (Wildman–Crippen LogP) is -0.359. The quantitative estimate of drug-likeness (QED) is 0.734. The Hall–Kier alpha value is -0.945. The van der Waals surface area contributed by atoms with Crippen molar-refractivity contribution in [2.45, 2.75) is 19.5 Å². The van der Waals surface area contributed by atoms with Gasteiger partial charge in [-0.1, -0.05) is 6.07 Å². The Labute approximate surface area is 113 Å². The van der Waals surface area contributed by atoms with E-state index in [1.807, 2.05) is 0 Å². The van der Waals surface area contributed by atoms with Crippen molar-refractivity contribution in [2.24, 2.45) is 0 Å². The maximum absolute atomic E-state index is 13.2. The third-order valence-electron chi connectivity index (χ3n) is 3.82. The Bertz CT molecular complexity index is 445. The first-order valence-electron chi connectivity index (χ1n) is 6.54. The van der Waals surface area contributed by atoms with E-state index in [-0.39, 0.29) is 5.46 Å². The van der Waals surface area contributed by atoms with Gasteiger partial charge in [0.15, 0.2) is 0 Å². The minimum Gasteiger partial charge on any atom is -0.423 e. The summed E-state index contributed by atoms with van der Waals surface area (Å²) in [5, 5.41) is 18.6. The molecule has 19 heavy (non-hydrogen) atoms. The number of hydrogen-bond donors (Lipinski definition) is 2. The molecule has 0 amide bonds. The number of hydrogen-bond acceptors (Lipinski definition) is 4. The van der Waals surface area contributed by atoms with Gasteiger partial charge < -0.3 is 14.9 Å². The van der Waals surface area contributed by atoms with Gasteiger partial charge in [-0.15, -0.1) is 0 Å². The second-order valence-electron chi connectivity index (χ2n) is 5.28. The van der Waals surface area contributed by atoms with Crippen molar-refractivity contribution in [1.82, 2.24) is 9.80 Å². The summed E-state index contributed by atoms with van der Waals surface area (Å²) in [4.78, 5) is 4.55. The number of benzene rings is 1. The Morgan fingerprint density at radius 3 is 2.74 bits per heavy atom. The second-order valence-corrected chi connectivity index (χ2v) is 5.28. The molecular weight excluding hydrogens is 246 g/mol. The lowest BCUT2D eigenvalue weighted by Gasteiger charge is -2.38. The van der Waals surface area contributed by atoms with Crippen molar-refractivity contribution in [3.05, 3.63) is 29.6 Å². The van der Waals surface area contributed by atoms with Crippen molar-refractivity contribution < 1.29 is 14.4 Å². The van der Waals surface area contributed by atoms with Gasteiger partial charge in [-0.3, -0.25) is 4.90 Å². The maximum atomic E-state index is 13.2. The number of nitrogens with zero attached hydrogens (tertiary/aromatic N) is 2. The highest BCUT2D eigenvalue weighted by molar-refractivity contribution is 6.59. The fourth-order valence-electron chi connectivity index (χ4n) is 2.46. The van der Waals surface area contributed by atoms with E-state index in [0.717, 1.165) is 25.2 Å². The number of rotatable bonds is 3. The van der Waals surface area contributed by atoms with Crippen LogP contribution in [0.3, 0.4) is 0 Å². The minimum absolute atomic E-state index is 0.256. The highest BCUT2D eigenvalue weighted by Crippen LogP contribution is 2.11. The Kier molecular flexibility index (Phi) is 4.57. The van der Waals surface area contributed by atoms with Crippen molar-refractivity contribution in [3.8, 4) is 0 Å². The molecule has 6 heteroatoms. The smallest absolute Gasteiger partial charge is 0.423 e. The van der Waals surface area contributed by atoms with Gasteiger partial charge in [0.1, 0.15) is 5.82 Å². The average Bonchev–Trinajstić information content (AvgIpc) is 2.36. The molecule has 0 aliphatic carbocycles. The van der Waals surface area contributed by atoms with E-state index in [0.29, 0.717) is 12.6 Å². The lowest BCUT2D eigenvalue weighted by Crippen LogP contribution is -2.50. The molecule has 1 fully saturated rings. The molecule has 0 spiro atoms. The molecular formula is C13H20BFN2O2. The van der Waals surface area contributed by atoms with Crippen LogP contribution in [-0.4, -0.2) is 59.7 Å². The zero-order valence-electron chi connectivity index (χ0n) is 11.4. The zero-order chi connectivity index (χ0) is 14.0. The van der Waals surface area contributed by atoms with Crippen LogP contribution in [0.25, 0.3) is 0 Å². The molecule has 1 atom stereocenters. The van der Waals surface area contributed by atoms with Gasteiger partial charge in [-0.25, -0.2) is 4.39 Å². The standard InChI is InChI=1S/C13H20BFN2O2/c1-10-8-17(6-5-16(10)2)9-11-3-4-12(15)7-13(11)14(18)19/h3-4,7,10,18-19H,5-6,8-9H2,1-2H3. The molecule has 0 saturated carbocycles. The van der Waals surface area contributed by atoms with Crippen molar-refractivity contribution in [2.75, 3.05) is 26.7 Å². The Balaban J connectivity index is 2.11. The lowest BCUT2D eigenvalue weighted by molar-refractivity contribution is 0.100. The van der Waals surface area contributed by atoms with E-state index < -0.39 is 12.9 Å². The summed E-state index contributed by atoms with van der Waals surface area (Å²) in [6, 6.07) is 4.66. The van der Waals surface area contributed by atoms with Crippen LogP contribution in [0.1, 0.15) is 12.5 Å². The third-order valence-corrected chi connectivity index (χ3v) is 3.82. The van der Waals surface area contributed by atoms with Crippen LogP contribution in [0.5, 0.6) is 0 Å². The maximum Gasteiger partial charge on any atom is 0.488 e. The SMILES string of the molecule is CC1CN(Cc2ccc(F)cc2B(O)O)CCN1C. The summed E-state index contributed by atoms with van der Waals surface area (Å²) in [7, 11) is 0.471. The normalized spacial score (nSPS) is 21.6. The van der Waals surface area contributed by atoms with Crippen LogP contribution in [0.15, 0.2) is 18.2 Å². The van der Waals surface area contributed by atoms with Gasteiger partial charge in [0.25, 0.3) is 0 Å². The molecule has 0 radical (unpaired) electrons. The van der Waals surface area contributed by atoms with Crippen molar-refractivity contribution in [3.63, 3.8) is 0 Å². The molecule has 1 saturated heterocycles. The molecule has 0 bridgehead atoms. The van der Waals surface area contributed by atoms with Gasteiger partial charge in [0, 0.05) is 32.2 Å². The van der Waals surface area contributed by atoms with Crippen molar-refractivity contribution >= 4 is 12.6 Å². The fraction of sp³-hybridized carbons (Fsp3) is 0.538. The van der Waals surface area contributed by atoms with E-state index in [4.69, 9.17) is 0 Å². The molecule has 4 nitrogen and oxygen atoms in total. The van der Waals surface area contributed by atoms with E-state index in [2.05, 4.69) is 23.8 Å². The van der Waals surface area contributed by atoms with Gasteiger partial charge >= 0.3 is 7.12 Å². The average molecular weight is 266 g/mol. The topological polar surface area (TPSA) is 46.9 Å². The summed E-state index contributed by atoms with van der Waals surface area (Å²) in [6.07, 6.45) is 0. The molecule has 1 unspecified atom stereocenters. The Morgan fingerprint density at radius 1 is 1.37 bits per heavy atom. The molecule has 1 aliphatic heterocycles. The molecule has 104 valence electrons. The van der Waals surface area contributed by atoms with Crippen LogP contribution in [0.4, 0.5) is 4.39 Å². The van der Waals surface area contributed by atoms with Gasteiger partial charge in [-0.05, 0) is 37.1 Å². The van der Waals surface area contributed by atoms with Crippen molar-refractivity contribution in [1.29, 1.82) is 0 Å². The first-order chi connectivity index (χ1) is 8.97. The highest BCUT2D eigenvalue weighted by atomic mass is 19.1. The molecule has 1 aromatic carbocycles. The zero-order valence-corrected chi connectivity index (χ0v) is 11.4. The number of likely N-dealkylation sites (N-methyl/N-ethyl adjacent to an activating group) is 1. The van der Waals surface area contributed by atoms with Crippen LogP contribution in [-0.2, 0) is 6.54 Å². The number of piperazine rings is 1. The van der Waals surface area contributed by atoms with Gasteiger partial charge in [0.2, 0.25) is 0 Å². The molecule has 1 aliphatic rings. The largest absolute Gasteiger partial charge is 0.488 e. The monoisotopic (exact) mass is 266 g/mol. The van der Waals surface area contributed by atoms with E-state index >= 15 is 0 Å². The summed E-state index contributed by atoms with van der Waals surface area (Å²) >= 11 is 0. The first kappa shape index (κ1) is 14.5. The van der Waals surface area contributed by atoms with E-state index in [1.165, 1.54) is 12.1 Å². The van der Waals surface area contributed by atoms with E-state index in [1.54, 1.807) is 6.07 Å². The summed E-state index contributed by atoms with van der Waals surface area (Å²) in [5.41, 5.74) is 1.03. The molecule has 0 aromatic heterocycles. The van der Waals surface area contributed by atoms with Gasteiger partial charge in [0.05, 0.1) is 0 Å². The number of halogens is 1. The van der Waals surface area contributed by atoms with E-state index in [9.17, 15) is 14.4 Å².